The lowest BCUT2D eigenvalue weighted by atomic mass is 10.2. The first-order chi connectivity index (χ1) is 9.59. The van der Waals surface area contributed by atoms with Gasteiger partial charge in [0.15, 0.2) is 5.76 Å². The minimum absolute atomic E-state index is 0.0412. The molecule has 0 spiro atoms. The fraction of sp³-hybridized carbons (Fsp3) is 0.462. The van der Waals surface area contributed by atoms with E-state index in [2.05, 4.69) is 10.6 Å². The number of carboxylic acids is 1. The van der Waals surface area contributed by atoms with Gasteiger partial charge in [0.2, 0.25) is 5.91 Å². The molecule has 0 aliphatic heterocycles. The molecule has 0 aliphatic carbocycles. The Morgan fingerprint density at radius 2 is 1.80 bits per heavy atom. The summed E-state index contributed by atoms with van der Waals surface area (Å²) in [7, 11) is 0. The van der Waals surface area contributed by atoms with Crippen molar-refractivity contribution in [3.63, 3.8) is 0 Å². The van der Waals surface area contributed by atoms with Crippen LogP contribution in [0.15, 0.2) is 22.8 Å². The smallest absolute Gasteiger partial charge is 0.303 e. The number of furan rings is 1. The van der Waals surface area contributed by atoms with Crippen LogP contribution in [0.2, 0.25) is 0 Å². The highest BCUT2D eigenvalue weighted by atomic mass is 16.4. The molecule has 0 radical (unpaired) electrons. The third-order valence-corrected chi connectivity index (χ3v) is 2.50. The number of hydrogen-bond acceptors (Lipinski definition) is 4. The third kappa shape index (κ3) is 6.58. The Kier molecular flexibility index (Phi) is 6.88. The number of nitrogens with one attached hydrogen (secondary N) is 2. The van der Waals surface area contributed by atoms with E-state index in [9.17, 15) is 14.4 Å². The summed E-state index contributed by atoms with van der Waals surface area (Å²) < 4.78 is 4.92. The first-order valence-electron chi connectivity index (χ1n) is 6.40. The quantitative estimate of drug-likeness (QED) is 0.580. The lowest BCUT2D eigenvalue weighted by molar-refractivity contribution is -0.137. The second-order valence-corrected chi connectivity index (χ2v) is 4.18. The molecule has 1 rings (SSSR count). The molecule has 1 heterocycles. The maximum atomic E-state index is 11.5. The molecular weight excluding hydrogens is 264 g/mol. The van der Waals surface area contributed by atoms with Crippen molar-refractivity contribution < 1.29 is 23.9 Å². The van der Waals surface area contributed by atoms with Gasteiger partial charge in [-0.1, -0.05) is 0 Å². The van der Waals surface area contributed by atoms with E-state index < -0.39 is 5.97 Å². The van der Waals surface area contributed by atoms with E-state index in [0.717, 1.165) is 0 Å². The Hall–Kier alpha value is -2.31. The van der Waals surface area contributed by atoms with Gasteiger partial charge in [0, 0.05) is 25.9 Å². The van der Waals surface area contributed by atoms with Gasteiger partial charge in [0.05, 0.1) is 6.26 Å². The van der Waals surface area contributed by atoms with Gasteiger partial charge in [-0.05, 0) is 25.0 Å². The summed E-state index contributed by atoms with van der Waals surface area (Å²) in [5, 5.41) is 13.7. The molecule has 0 aromatic carbocycles. The van der Waals surface area contributed by atoms with Crippen molar-refractivity contribution in [2.45, 2.75) is 25.7 Å². The minimum Gasteiger partial charge on any atom is -0.481 e. The van der Waals surface area contributed by atoms with Gasteiger partial charge in [-0.15, -0.1) is 0 Å². The van der Waals surface area contributed by atoms with Gasteiger partial charge in [-0.2, -0.15) is 0 Å². The highest BCUT2D eigenvalue weighted by molar-refractivity contribution is 5.91. The number of carboxylic acid groups (broad SMARTS) is 1. The van der Waals surface area contributed by atoms with Crippen LogP contribution in [0.4, 0.5) is 0 Å². The summed E-state index contributed by atoms with van der Waals surface area (Å²) in [5.74, 6) is -1.09. The zero-order valence-electron chi connectivity index (χ0n) is 11.1. The van der Waals surface area contributed by atoms with Crippen LogP contribution < -0.4 is 10.6 Å². The number of rotatable bonds is 9. The van der Waals surface area contributed by atoms with E-state index in [-0.39, 0.29) is 30.4 Å². The molecule has 0 unspecified atom stereocenters. The highest BCUT2D eigenvalue weighted by Gasteiger charge is 2.07. The van der Waals surface area contributed by atoms with Crippen LogP contribution in [-0.2, 0) is 9.59 Å². The Labute approximate surface area is 116 Å². The molecule has 1 aromatic rings. The van der Waals surface area contributed by atoms with Crippen molar-refractivity contribution in [3.8, 4) is 0 Å². The summed E-state index contributed by atoms with van der Waals surface area (Å²) >= 11 is 0. The average molecular weight is 282 g/mol. The van der Waals surface area contributed by atoms with Gasteiger partial charge in [-0.3, -0.25) is 14.4 Å². The largest absolute Gasteiger partial charge is 0.481 e. The number of amides is 2. The predicted octanol–water partition coefficient (Wildman–Crippen LogP) is 0.771. The molecule has 20 heavy (non-hydrogen) atoms. The predicted molar refractivity (Wildman–Crippen MR) is 70.2 cm³/mol. The normalized spacial score (nSPS) is 10.0. The summed E-state index contributed by atoms with van der Waals surface area (Å²) in [6.45, 7) is 0.728. The molecule has 1 aromatic heterocycles. The molecule has 0 bridgehead atoms. The molecule has 0 atom stereocenters. The lowest BCUT2D eigenvalue weighted by Crippen LogP contribution is -2.28. The monoisotopic (exact) mass is 282 g/mol. The van der Waals surface area contributed by atoms with Crippen molar-refractivity contribution in [3.05, 3.63) is 24.2 Å². The minimum atomic E-state index is -0.875. The maximum Gasteiger partial charge on any atom is 0.303 e. The van der Waals surface area contributed by atoms with E-state index in [1.54, 1.807) is 12.1 Å². The fourth-order valence-corrected chi connectivity index (χ4v) is 1.50. The third-order valence-electron chi connectivity index (χ3n) is 2.50. The molecule has 7 nitrogen and oxygen atoms in total. The van der Waals surface area contributed by atoms with Crippen LogP contribution in [0.5, 0.6) is 0 Å². The van der Waals surface area contributed by atoms with E-state index in [4.69, 9.17) is 9.52 Å². The summed E-state index contributed by atoms with van der Waals surface area (Å²) in [6.07, 6.45) is 2.66. The molecule has 0 aliphatic rings. The molecule has 3 N–H and O–H groups in total. The number of carbonyl (C=O) groups is 3. The van der Waals surface area contributed by atoms with Crippen LogP contribution in [0.1, 0.15) is 36.2 Å². The van der Waals surface area contributed by atoms with E-state index in [1.165, 1.54) is 6.26 Å². The van der Waals surface area contributed by atoms with Crippen molar-refractivity contribution in [1.82, 2.24) is 10.6 Å². The Bertz CT molecular complexity index is 442. The number of carbonyl (C=O) groups excluding carboxylic acids is 2. The number of hydrogen-bond donors (Lipinski definition) is 3. The van der Waals surface area contributed by atoms with E-state index in [1.807, 2.05) is 0 Å². The summed E-state index contributed by atoms with van der Waals surface area (Å²) in [6, 6.07) is 3.18. The van der Waals surface area contributed by atoms with Gasteiger partial charge in [0.25, 0.3) is 5.91 Å². The highest BCUT2D eigenvalue weighted by Crippen LogP contribution is 1.99. The van der Waals surface area contributed by atoms with E-state index >= 15 is 0 Å². The molecule has 7 heteroatoms. The average Bonchev–Trinajstić information content (AvgIpc) is 2.93. The Morgan fingerprint density at radius 1 is 1.10 bits per heavy atom. The van der Waals surface area contributed by atoms with E-state index in [0.29, 0.717) is 25.9 Å². The van der Waals surface area contributed by atoms with Gasteiger partial charge in [-0.25, -0.2) is 0 Å². The first kappa shape index (κ1) is 15.7. The lowest BCUT2D eigenvalue weighted by Gasteiger charge is -2.05. The van der Waals surface area contributed by atoms with Gasteiger partial charge in [0.1, 0.15) is 0 Å². The topological polar surface area (TPSA) is 109 Å². The van der Waals surface area contributed by atoms with Crippen molar-refractivity contribution in [2.24, 2.45) is 0 Å². The molecular formula is C13H18N2O5. The summed E-state index contributed by atoms with van der Waals surface area (Å²) in [4.78, 5) is 33.1. The van der Waals surface area contributed by atoms with Gasteiger partial charge >= 0.3 is 5.97 Å². The second-order valence-electron chi connectivity index (χ2n) is 4.18. The van der Waals surface area contributed by atoms with Crippen molar-refractivity contribution in [1.29, 1.82) is 0 Å². The fourth-order valence-electron chi connectivity index (χ4n) is 1.50. The standard InChI is InChI=1S/C13H18N2O5/c16-11(14-7-2-6-12(17)18)5-1-8-15-13(19)10-4-3-9-20-10/h3-4,9H,1-2,5-8H2,(H,14,16)(H,15,19)(H,17,18). The summed E-state index contributed by atoms with van der Waals surface area (Å²) in [5.41, 5.74) is 0. The zero-order chi connectivity index (χ0) is 14.8. The van der Waals surface area contributed by atoms with Crippen LogP contribution in [-0.4, -0.2) is 36.0 Å². The molecule has 2 amide bonds. The van der Waals surface area contributed by atoms with Crippen molar-refractivity contribution >= 4 is 17.8 Å². The van der Waals surface area contributed by atoms with Crippen LogP contribution in [0, 0.1) is 0 Å². The van der Waals surface area contributed by atoms with Crippen LogP contribution in [0.3, 0.4) is 0 Å². The number of aliphatic carboxylic acids is 1. The Morgan fingerprint density at radius 3 is 2.45 bits per heavy atom. The first-order valence-corrected chi connectivity index (χ1v) is 6.40. The SMILES string of the molecule is O=C(O)CCCNC(=O)CCCNC(=O)c1ccco1. The van der Waals surface area contributed by atoms with Crippen LogP contribution in [0.25, 0.3) is 0 Å². The van der Waals surface area contributed by atoms with Crippen molar-refractivity contribution in [2.75, 3.05) is 13.1 Å². The molecule has 0 saturated carbocycles. The second kappa shape index (κ2) is 8.73. The molecule has 110 valence electrons. The molecule has 0 saturated heterocycles. The van der Waals surface area contributed by atoms with Crippen LogP contribution >= 0.6 is 0 Å². The zero-order valence-corrected chi connectivity index (χ0v) is 11.1. The van der Waals surface area contributed by atoms with Gasteiger partial charge < -0.3 is 20.2 Å². The molecule has 0 fully saturated rings. The maximum absolute atomic E-state index is 11.5. The Balaban J connectivity index is 2.02.